The molecule has 0 saturated carbocycles. The summed E-state index contributed by atoms with van der Waals surface area (Å²) in [6.45, 7) is 5.46. The molecule has 122 valence electrons. The number of nitrogens with one attached hydrogen (secondary N) is 2. The highest BCUT2D eigenvalue weighted by Gasteiger charge is 2.22. The number of pyridine rings is 1. The second-order valence-corrected chi connectivity index (χ2v) is 5.88. The molecule has 0 aromatic carbocycles. The number of hydrogen-bond donors (Lipinski definition) is 3. The van der Waals surface area contributed by atoms with Crippen LogP contribution in [0.15, 0.2) is 17.3 Å². The quantitative estimate of drug-likeness (QED) is 0.431. The molecule has 0 spiro atoms. The highest BCUT2D eigenvalue weighted by Crippen LogP contribution is 2.22. The van der Waals surface area contributed by atoms with Gasteiger partial charge in [0, 0.05) is 32.4 Å². The summed E-state index contributed by atoms with van der Waals surface area (Å²) >= 11 is 11.9. The second-order valence-electron chi connectivity index (χ2n) is 5.03. The molecule has 1 aromatic rings. The summed E-state index contributed by atoms with van der Waals surface area (Å²) in [5.74, 6) is 1.43. The number of β-amino-alcohol motifs (C(OH)–C–C–N with tert-alkyl or cyclic N) is 1. The molecule has 22 heavy (non-hydrogen) atoms. The van der Waals surface area contributed by atoms with Gasteiger partial charge in [-0.2, -0.15) is 0 Å². The Kier molecular flexibility index (Phi) is 6.54. The molecule has 0 radical (unpaired) electrons. The van der Waals surface area contributed by atoms with Crippen molar-refractivity contribution in [2.45, 2.75) is 19.4 Å². The fourth-order valence-corrected chi connectivity index (χ4v) is 2.69. The second kappa shape index (κ2) is 8.41. The maximum absolute atomic E-state index is 9.62. The Labute approximate surface area is 140 Å². The number of aliphatic hydroxyl groups excluding tert-OH is 1. The summed E-state index contributed by atoms with van der Waals surface area (Å²) < 4.78 is 0. The summed E-state index contributed by atoms with van der Waals surface area (Å²) in [5, 5.41) is 17.0. The first-order valence-electron chi connectivity index (χ1n) is 7.36. The van der Waals surface area contributed by atoms with Crippen LogP contribution < -0.4 is 10.6 Å². The first kappa shape index (κ1) is 17.1. The number of aromatic nitrogens is 1. The van der Waals surface area contributed by atoms with Gasteiger partial charge < -0.3 is 20.6 Å². The molecule has 1 aliphatic rings. The van der Waals surface area contributed by atoms with Gasteiger partial charge in [0.05, 0.1) is 22.7 Å². The van der Waals surface area contributed by atoms with Gasteiger partial charge in [-0.25, -0.2) is 4.98 Å². The zero-order chi connectivity index (χ0) is 15.9. The van der Waals surface area contributed by atoms with Crippen LogP contribution in [-0.2, 0) is 0 Å². The molecule has 1 saturated heterocycles. The van der Waals surface area contributed by atoms with Crippen molar-refractivity contribution in [1.29, 1.82) is 0 Å². The third kappa shape index (κ3) is 4.90. The van der Waals surface area contributed by atoms with Gasteiger partial charge in [0.2, 0.25) is 0 Å². The highest BCUT2D eigenvalue weighted by molar-refractivity contribution is 6.35. The molecule has 8 heteroatoms. The van der Waals surface area contributed by atoms with Crippen molar-refractivity contribution >= 4 is 35.0 Å². The monoisotopic (exact) mass is 345 g/mol. The van der Waals surface area contributed by atoms with E-state index < -0.39 is 0 Å². The number of nitrogens with zero attached hydrogens (tertiary/aromatic N) is 3. The van der Waals surface area contributed by atoms with Crippen molar-refractivity contribution in [2.75, 3.05) is 38.0 Å². The lowest BCUT2D eigenvalue weighted by Gasteiger charge is -2.21. The van der Waals surface area contributed by atoms with E-state index in [-0.39, 0.29) is 6.10 Å². The van der Waals surface area contributed by atoms with E-state index in [0.29, 0.717) is 35.5 Å². The summed E-state index contributed by atoms with van der Waals surface area (Å²) in [5.41, 5.74) is 0. The number of rotatable bonds is 5. The Morgan fingerprint density at radius 3 is 3.00 bits per heavy atom. The number of likely N-dealkylation sites (tertiary alicyclic amines) is 1. The molecule has 1 aromatic heterocycles. The Morgan fingerprint density at radius 1 is 1.55 bits per heavy atom. The van der Waals surface area contributed by atoms with Crippen molar-refractivity contribution < 1.29 is 5.11 Å². The molecule has 1 atom stereocenters. The number of hydrogen-bond acceptors (Lipinski definition) is 4. The summed E-state index contributed by atoms with van der Waals surface area (Å²) in [4.78, 5) is 10.8. The Balaban J connectivity index is 1.86. The molecule has 3 N–H and O–H groups in total. The largest absolute Gasteiger partial charge is 0.391 e. The number of aliphatic imine (C=N–C) groups is 1. The molecule has 0 unspecified atom stereocenters. The van der Waals surface area contributed by atoms with Gasteiger partial charge in [-0.15, -0.1) is 0 Å². The van der Waals surface area contributed by atoms with Crippen LogP contribution in [0.25, 0.3) is 0 Å². The number of halogens is 2. The molecule has 0 bridgehead atoms. The molecule has 1 fully saturated rings. The minimum absolute atomic E-state index is 0.265. The summed E-state index contributed by atoms with van der Waals surface area (Å²) in [7, 11) is 0. The van der Waals surface area contributed by atoms with Crippen molar-refractivity contribution in [3.63, 3.8) is 0 Å². The van der Waals surface area contributed by atoms with Crippen LogP contribution in [0.1, 0.15) is 13.3 Å². The average Bonchev–Trinajstić information content (AvgIpc) is 2.90. The third-order valence-corrected chi connectivity index (χ3v) is 3.77. The predicted octanol–water partition coefficient (Wildman–Crippen LogP) is 1.83. The molecular formula is C14H21Cl2N5O. The first-order chi connectivity index (χ1) is 10.6. The van der Waals surface area contributed by atoms with Gasteiger partial charge in [-0.1, -0.05) is 23.2 Å². The van der Waals surface area contributed by atoms with Crippen LogP contribution in [0.4, 0.5) is 5.82 Å². The molecule has 0 amide bonds. The normalized spacial score (nSPS) is 18.6. The SMILES string of the molecule is CCNC(=NCCNc1ncc(Cl)cc1Cl)N1CC[C@@H](O)C1. The smallest absolute Gasteiger partial charge is 0.194 e. The lowest BCUT2D eigenvalue weighted by molar-refractivity contribution is 0.188. The number of guanidine groups is 1. The lowest BCUT2D eigenvalue weighted by Crippen LogP contribution is -2.40. The predicted molar refractivity (Wildman–Crippen MR) is 90.9 cm³/mol. The molecule has 6 nitrogen and oxygen atoms in total. The zero-order valence-electron chi connectivity index (χ0n) is 12.5. The van der Waals surface area contributed by atoms with Crippen LogP contribution in [0.3, 0.4) is 0 Å². The Morgan fingerprint density at radius 2 is 2.36 bits per heavy atom. The van der Waals surface area contributed by atoms with E-state index in [1.54, 1.807) is 12.3 Å². The van der Waals surface area contributed by atoms with E-state index in [1.807, 2.05) is 6.92 Å². The number of anilines is 1. The van der Waals surface area contributed by atoms with Crippen molar-refractivity contribution in [2.24, 2.45) is 4.99 Å². The summed E-state index contributed by atoms with van der Waals surface area (Å²) in [6.07, 6.45) is 2.07. The van der Waals surface area contributed by atoms with Crippen molar-refractivity contribution in [1.82, 2.24) is 15.2 Å². The average molecular weight is 346 g/mol. The first-order valence-corrected chi connectivity index (χ1v) is 8.12. The Hall–Kier alpha value is -1.24. The maximum Gasteiger partial charge on any atom is 0.194 e. The maximum atomic E-state index is 9.62. The van der Waals surface area contributed by atoms with Crippen molar-refractivity contribution in [3.05, 3.63) is 22.3 Å². The minimum atomic E-state index is -0.265. The molecule has 0 aliphatic carbocycles. The van der Waals surface area contributed by atoms with E-state index in [0.717, 1.165) is 25.5 Å². The van der Waals surface area contributed by atoms with Gasteiger partial charge in [-0.3, -0.25) is 4.99 Å². The fourth-order valence-electron chi connectivity index (χ4n) is 2.24. The number of aliphatic hydroxyl groups is 1. The van der Waals surface area contributed by atoms with E-state index in [1.165, 1.54) is 0 Å². The van der Waals surface area contributed by atoms with E-state index >= 15 is 0 Å². The van der Waals surface area contributed by atoms with Crippen LogP contribution >= 0.6 is 23.2 Å². The van der Waals surface area contributed by atoms with Gasteiger partial charge in [0.15, 0.2) is 5.96 Å². The third-order valence-electron chi connectivity index (χ3n) is 3.27. The zero-order valence-corrected chi connectivity index (χ0v) is 14.0. The lowest BCUT2D eigenvalue weighted by atomic mass is 10.3. The highest BCUT2D eigenvalue weighted by atomic mass is 35.5. The topological polar surface area (TPSA) is 72.8 Å². The van der Waals surface area contributed by atoms with Crippen LogP contribution in [0.2, 0.25) is 10.0 Å². The molecule has 1 aliphatic heterocycles. The van der Waals surface area contributed by atoms with Crippen LogP contribution in [0, 0.1) is 0 Å². The minimum Gasteiger partial charge on any atom is -0.391 e. The van der Waals surface area contributed by atoms with E-state index in [2.05, 4.69) is 25.5 Å². The van der Waals surface area contributed by atoms with Crippen LogP contribution in [0.5, 0.6) is 0 Å². The summed E-state index contributed by atoms with van der Waals surface area (Å²) in [6, 6.07) is 1.65. The molecular weight excluding hydrogens is 325 g/mol. The van der Waals surface area contributed by atoms with Gasteiger partial charge in [0.25, 0.3) is 0 Å². The molecule has 2 heterocycles. The van der Waals surface area contributed by atoms with Gasteiger partial charge in [-0.05, 0) is 19.4 Å². The Bertz CT molecular complexity index is 526. The van der Waals surface area contributed by atoms with Gasteiger partial charge in [0.1, 0.15) is 5.82 Å². The fraction of sp³-hybridized carbons (Fsp3) is 0.571. The van der Waals surface area contributed by atoms with E-state index in [4.69, 9.17) is 23.2 Å². The van der Waals surface area contributed by atoms with Crippen molar-refractivity contribution in [3.8, 4) is 0 Å². The molecule has 2 rings (SSSR count). The standard InChI is InChI=1S/C14H21Cl2N5O/c1-2-17-14(21-6-3-11(22)9-21)19-5-4-18-13-12(16)7-10(15)8-20-13/h7-8,11,22H,2-6,9H2,1H3,(H,17,19)(H,18,20)/t11-/m1/s1. The van der Waals surface area contributed by atoms with E-state index in [9.17, 15) is 5.11 Å². The van der Waals surface area contributed by atoms with Gasteiger partial charge >= 0.3 is 0 Å². The van der Waals surface area contributed by atoms with Crippen LogP contribution in [-0.4, -0.2) is 59.8 Å².